The van der Waals surface area contributed by atoms with Gasteiger partial charge in [-0.1, -0.05) is 12.1 Å². The quantitative estimate of drug-likeness (QED) is 0.104. The summed E-state index contributed by atoms with van der Waals surface area (Å²) in [5, 5.41) is 47.8. The Balaban J connectivity index is 1.35. The number of hydrogen-bond donors (Lipinski definition) is 8. The molecule has 0 saturated carbocycles. The van der Waals surface area contributed by atoms with Crippen LogP contribution in [-0.2, 0) is 22.4 Å². The van der Waals surface area contributed by atoms with Crippen molar-refractivity contribution < 1.29 is 40.6 Å². The molecule has 10 nitrogen and oxygen atoms in total. The van der Waals surface area contributed by atoms with Gasteiger partial charge in [-0.15, -0.1) is 0 Å². The minimum absolute atomic E-state index is 0.104. The van der Waals surface area contributed by atoms with Crippen molar-refractivity contribution in [3.63, 3.8) is 0 Å². The molecule has 2 aromatic rings. The van der Waals surface area contributed by atoms with Crippen molar-refractivity contribution in [1.29, 1.82) is 0 Å². The number of nitrogens with two attached hydrogens (primary N) is 2. The van der Waals surface area contributed by atoms with Gasteiger partial charge in [-0.3, -0.25) is 9.59 Å². The summed E-state index contributed by atoms with van der Waals surface area (Å²) < 4.78 is 0. The molecule has 0 aliphatic heterocycles. The van der Waals surface area contributed by atoms with Gasteiger partial charge in [-0.25, -0.2) is 0 Å². The van der Waals surface area contributed by atoms with E-state index < -0.39 is 0 Å². The number of phenols is 4. The fraction of sp³-hybridized carbons (Fsp3) is 0.462. The molecule has 0 aliphatic carbocycles. The van der Waals surface area contributed by atoms with Crippen LogP contribution < -0.4 is 21.3 Å². The Bertz CT molecular complexity index is 892. The lowest BCUT2D eigenvalue weighted by atomic mass is 10.1. The van der Waals surface area contributed by atoms with E-state index in [-0.39, 0.29) is 47.7 Å². The molecule has 0 aliphatic rings. The molecule has 0 saturated heterocycles. The van der Waals surface area contributed by atoms with Crippen molar-refractivity contribution in [3.05, 3.63) is 47.5 Å². The van der Waals surface area contributed by atoms with E-state index >= 15 is 0 Å². The summed E-state index contributed by atoms with van der Waals surface area (Å²) in [5.74, 6) is -1.04. The average Bonchev–Trinajstić information content (AvgIpc) is 2.84. The lowest BCUT2D eigenvalue weighted by molar-refractivity contribution is -0.664. The normalized spacial score (nSPS) is 10.8. The number of carbonyl (C=O) groups is 2. The lowest BCUT2D eigenvalue weighted by Crippen LogP contribution is -2.86. The minimum Gasteiger partial charge on any atom is -0.504 e. The summed E-state index contributed by atoms with van der Waals surface area (Å²) in [6.45, 7) is 5.23. The van der Waals surface area contributed by atoms with Crippen molar-refractivity contribution in [3.8, 4) is 23.0 Å². The summed E-state index contributed by atoms with van der Waals surface area (Å²) >= 11 is 0. The van der Waals surface area contributed by atoms with E-state index in [4.69, 9.17) is 0 Å². The molecule has 0 spiro atoms. The van der Waals surface area contributed by atoms with Crippen LogP contribution in [0.2, 0.25) is 0 Å². The highest BCUT2D eigenvalue weighted by Crippen LogP contribution is 2.25. The topological polar surface area (TPSA) is 172 Å². The molecule has 198 valence electrons. The Morgan fingerprint density at radius 2 is 0.972 bits per heavy atom. The van der Waals surface area contributed by atoms with Crippen molar-refractivity contribution >= 4 is 11.8 Å². The summed E-state index contributed by atoms with van der Waals surface area (Å²) in [6.07, 6.45) is 4.38. The van der Waals surface area contributed by atoms with E-state index in [1.807, 2.05) is 0 Å². The predicted molar refractivity (Wildman–Crippen MR) is 135 cm³/mol. The van der Waals surface area contributed by atoms with Crippen LogP contribution in [0.3, 0.4) is 0 Å². The second-order valence-electron chi connectivity index (χ2n) is 8.85. The summed E-state index contributed by atoms with van der Waals surface area (Å²) in [6, 6.07) is 8.78. The van der Waals surface area contributed by atoms with Crippen molar-refractivity contribution in [2.24, 2.45) is 0 Å². The number of hydrogen-bond acceptors (Lipinski definition) is 6. The Kier molecular flexibility index (Phi) is 12.9. The van der Waals surface area contributed by atoms with Gasteiger partial charge in [0.05, 0.1) is 39.0 Å². The minimum atomic E-state index is -0.220. The first-order valence-electron chi connectivity index (χ1n) is 12.5. The highest BCUT2D eigenvalue weighted by atomic mass is 16.3. The summed E-state index contributed by atoms with van der Waals surface area (Å²) in [5.41, 5.74) is 1.31. The zero-order chi connectivity index (χ0) is 26.2. The van der Waals surface area contributed by atoms with Crippen molar-refractivity contribution in [1.82, 2.24) is 10.6 Å². The van der Waals surface area contributed by atoms with Crippen LogP contribution >= 0.6 is 0 Å². The van der Waals surface area contributed by atoms with E-state index in [0.29, 0.717) is 24.2 Å². The van der Waals surface area contributed by atoms with E-state index in [0.717, 1.165) is 51.9 Å². The number of benzene rings is 2. The van der Waals surface area contributed by atoms with Gasteiger partial charge in [0.25, 0.3) is 0 Å². The van der Waals surface area contributed by atoms with E-state index in [2.05, 4.69) is 21.3 Å². The second-order valence-corrected chi connectivity index (χ2v) is 8.85. The van der Waals surface area contributed by atoms with Crippen LogP contribution in [0.15, 0.2) is 36.4 Å². The first kappa shape index (κ1) is 28.7. The monoisotopic (exact) mass is 504 g/mol. The van der Waals surface area contributed by atoms with Crippen LogP contribution in [0, 0.1) is 0 Å². The highest BCUT2D eigenvalue weighted by molar-refractivity contribution is 5.79. The number of amides is 2. The van der Waals surface area contributed by atoms with Crippen LogP contribution in [0.4, 0.5) is 0 Å². The molecular weight excluding hydrogens is 464 g/mol. The maximum absolute atomic E-state index is 11.9. The second kappa shape index (κ2) is 16.2. The van der Waals surface area contributed by atoms with Crippen LogP contribution in [0.1, 0.15) is 36.8 Å². The van der Waals surface area contributed by atoms with Gasteiger partial charge in [-0.05, 0) is 35.4 Å². The molecule has 36 heavy (non-hydrogen) atoms. The molecule has 0 fully saturated rings. The van der Waals surface area contributed by atoms with Crippen LogP contribution in [0.5, 0.6) is 23.0 Å². The maximum Gasteiger partial charge on any atom is 0.224 e. The van der Waals surface area contributed by atoms with E-state index in [1.165, 1.54) is 24.3 Å². The third kappa shape index (κ3) is 11.8. The summed E-state index contributed by atoms with van der Waals surface area (Å²) in [7, 11) is 0. The van der Waals surface area contributed by atoms with Gasteiger partial charge < -0.3 is 41.7 Å². The number of unbranched alkanes of at least 4 members (excludes halogenated alkanes) is 1. The number of nitrogens with one attached hydrogen (secondary N) is 2. The van der Waals surface area contributed by atoms with Gasteiger partial charge in [0.15, 0.2) is 23.0 Å². The van der Waals surface area contributed by atoms with Gasteiger partial charge in [0, 0.05) is 38.8 Å². The molecule has 10 heteroatoms. The van der Waals surface area contributed by atoms with Crippen molar-refractivity contribution in [2.75, 3.05) is 39.3 Å². The molecule has 0 radical (unpaired) electrons. The molecule has 0 heterocycles. The fourth-order valence-corrected chi connectivity index (χ4v) is 3.67. The molecule has 2 aromatic carbocycles. The molecule has 0 bridgehead atoms. The molecule has 0 unspecified atom stereocenters. The van der Waals surface area contributed by atoms with Crippen molar-refractivity contribution in [2.45, 2.75) is 38.5 Å². The Morgan fingerprint density at radius 3 is 1.36 bits per heavy atom. The predicted octanol–water partition coefficient (Wildman–Crippen LogP) is -0.786. The number of phenolic OH excluding ortho intramolecular Hbond substituents is 4. The molecule has 0 aromatic heterocycles. The zero-order valence-electron chi connectivity index (χ0n) is 20.7. The Labute approximate surface area is 211 Å². The number of carbonyl (C=O) groups excluding carboxylic acids is 2. The first-order chi connectivity index (χ1) is 17.3. The largest absolute Gasteiger partial charge is 0.504 e. The molecular formula is C26H40N4O6+2. The number of aromatic hydroxyl groups is 4. The molecule has 2 rings (SSSR count). The van der Waals surface area contributed by atoms with Crippen LogP contribution in [0.25, 0.3) is 0 Å². The van der Waals surface area contributed by atoms with E-state index in [9.17, 15) is 30.0 Å². The lowest BCUT2D eigenvalue weighted by Gasteiger charge is -2.07. The third-order valence-electron chi connectivity index (χ3n) is 5.69. The standard InChI is InChI=1S/C26H38N4O6/c31-21-7-5-19(15-23(21)33)17-25(35)29-13-3-11-27-9-1-2-10-28-12-4-14-30-26(36)18-20-6-8-22(32)24(34)16-20/h5-8,15-16,27-28,31-34H,1-4,9-14,17-18H2,(H,29,35)(H,30,36)/p+2. The Morgan fingerprint density at radius 1 is 0.583 bits per heavy atom. The third-order valence-corrected chi connectivity index (χ3v) is 5.69. The number of rotatable bonds is 17. The SMILES string of the molecule is O=C(Cc1ccc(O)c(O)c1)NCCC[NH2+]CCCC[NH2+]CCCNC(=O)Cc1ccc(O)c(O)c1. The molecule has 2 amide bonds. The van der Waals surface area contributed by atoms with Gasteiger partial charge in [0.1, 0.15) is 0 Å². The molecule has 10 N–H and O–H groups in total. The number of quaternary nitrogens is 2. The zero-order valence-corrected chi connectivity index (χ0v) is 20.7. The van der Waals surface area contributed by atoms with Gasteiger partial charge in [-0.2, -0.15) is 0 Å². The van der Waals surface area contributed by atoms with E-state index in [1.54, 1.807) is 12.1 Å². The average molecular weight is 505 g/mol. The summed E-state index contributed by atoms with van der Waals surface area (Å²) in [4.78, 5) is 23.9. The molecule has 0 atom stereocenters. The van der Waals surface area contributed by atoms with Crippen LogP contribution in [-0.4, -0.2) is 71.5 Å². The maximum atomic E-state index is 11.9. The highest BCUT2D eigenvalue weighted by Gasteiger charge is 2.07. The van der Waals surface area contributed by atoms with Gasteiger partial charge in [0.2, 0.25) is 11.8 Å². The Hall–Kier alpha value is -3.50. The van der Waals surface area contributed by atoms with Gasteiger partial charge >= 0.3 is 0 Å². The smallest absolute Gasteiger partial charge is 0.224 e. The fourth-order valence-electron chi connectivity index (χ4n) is 3.67. The first-order valence-corrected chi connectivity index (χ1v) is 12.5.